The van der Waals surface area contributed by atoms with Crippen LogP contribution in [0.15, 0.2) is 34.1 Å². The normalized spacial score (nSPS) is 9.80. The molecular formula is C10H7N3S2. The molecule has 0 fully saturated rings. The van der Waals surface area contributed by atoms with Gasteiger partial charge in [0.15, 0.2) is 4.34 Å². The first-order valence-corrected chi connectivity index (χ1v) is 6.13. The fourth-order valence-electron chi connectivity index (χ4n) is 1.10. The zero-order valence-electron chi connectivity index (χ0n) is 7.75. The molecule has 0 radical (unpaired) electrons. The molecule has 1 heterocycles. The lowest BCUT2D eigenvalue weighted by Crippen LogP contribution is -1.82. The third kappa shape index (κ3) is 2.78. The summed E-state index contributed by atoms with van der Waals surface area (Å²) in [6.07, 6.45) is 0. The molecule has 1 aromatic carbocycles. The minimum absolute atomic E-state index is 0.699. The van der Waals surface area contributed by atoms with Crippen molar-refractivity contribution in [2.45, 2.75) is 10.1 Å². The molecule has 15 heavy (non-hydrogen) atoms. The lowest BCUT2D eigenvalue weighted by Gasteiger charge is -1.98. The van der Waals surface area contributed by atoms with Crippen LogP contribution in [0, 0.1) is 11.3 Å². The van der Waals surface area contributed by atoms with Gasteiger partial charge in [-0.15, -0.1) is 10.2 Å². The summed E-state index contributed by atoms with van der Waals surface area (Å²) in [5.41, 5.74) is 3.55. The molecule has 0 saturated carbocycles. The summed E-state index contributed by atoms with van der Waals surface area (Å²) in [4.78, 5) is 0. The van der Waals surface area contributed by atoms with E-state index < -0.39 is 0 Å². The van der Waals surface area contributed by atoms with Crippen molar-refractivity contribution in [3.8, 4) is 6.07 Å². The topological polar surface area (TPSA) is 49.6 Å². The number of aromatic nitrogens is 2. The number of rotatable bonds is 3. The molecule has 5 heteroatoms. The van der Waals surface area contributed by atoms with Crippen molar-refractivity contribution in [2.75, 3.05) is 0 Å². The van der Waals surface area contributed by atoms with Gasteiger partial charge in [-0.1, -0.05) is 35.2 Å². The third-order valence-corrected chi connectivity index (χ3v) is 3.69. The first-order chi connectivity index (χ1) is 7.38. The van der Waals surface area contributed by atoms with E-state index in [1.165, 1.54) is 11.3 Å². The lowest BCUT2D eigenvalue weighted by atomic mass is 10.2. The maximum absolute atomic E-state index is 8.74. The van der Waals surface area contributed by atoms with Crippen LogP contribution in [0.2, 0.25) is 0 Å². The van der Waals surface area contributed by atoms with Gasteiger partial charge in [0.25, 0.3) is 0 Å². The Labute approximate surface area is 95.8 Å². The largest absolute Gasteiger partial charge is 0.192 e. The minimum atomic E-state index is 0.699. The summed E-state index contributed by atoms with van der Waals surface area (Å²) >= 11 is 3.16. The van der Waals surface area contributed by atoms with Crippen LogP contribution < -0.4 is 0 Å². The molecule has 0 unspecified atom stereocenters. The van der Waals surface area contributed by atoms with Gasteiger partial charge < -0.3 is 0 Å². The Morgan fingerprint density at radius 1 is 1.47 bits per heavy atom. The average Bonchev–Trinajstić information content (AvgIpc) is 2.79. The van der Waals surface area contributed by atoms with E-state index in [1.807, 2.05) is 18.2 Å². The molecule has 0 aliphatic rings. The Hall–Kier alpha value is -1.38. The first-order valence-electron chi connectivity index (χ1n) is 4.26. The molecule has 0 N–H and O–H groups in total. The second kappa shape index (κ2) is 4.91. The van der Waals surface area contributed by atoms with Crippen LogP contribution in [-0.4, -0.2) is 10.2 Å². The summed E-state index contributed by atoms with van der Waals surface area (Å²) in [5.74, 6) is 0.824. The fraction of sp³-hybridized carbons (Fsp3) is 0.100. The Morgan fingerprint density at radius 2 is 2.40 bits per heavy atom. The predicted octanol–water partition coefficient (Wildman–Crippen LogP) is 2.70. The highest BCUT2D eigenvalue weighted by Gasteiger charge is 2.00. The van der Waals surface area contributed by atoms with Crippen molar-refractivity contribution >= 4 is 23.1 Å². The van der Waals surface area contributed by atoms with Crippen LogP contribution in [0.25, 0.3) is 0 Å². The van der Waals surface area contributed by atoms with Crippen LogP contribution in [0.5, 0.6) is 0 Å². The molecule has 74 valence electrons. The smallest absolute Gasteiger partial charge is 0.174 e. The van der Waals surface area contributed by atoms with Crippen LogP contribution in [0.4, 0.5) is 0 Å². The van der Waals surface area contributed by atoms with E-state index in [0.29, 0.717) is 5.56 Å². The maximum atomic E-state index is 8.74. The van der Waals surface area contributed by atoms with E-state index >= 15 is 0 Å². The monoisotopic (exact) mass is 233 g/mol. The Balaban J connectivity index is 2.02. The standard InChI is InChI=1S/C10H7N3S2/c11-5-8-2-1-3-9(4-8)6-14-10-13-12-7-15-10/h1-4,7H,6H2. The van der Waals surface area contributed by atoms with Crippen molar-refractivity contribution < 1.29 is 0 Å². The van der Waals surface area contributed by atoms with Crippen molar-refractivity contribution in [3.05, 3.63) is 40.9 Å². The lowest BCUT2D eigenvalue weighted by molar-refractivity contribution is 1.01. The molecule has 0 atom stereocenters. The number of benzene rings is 1. The van der Waals surface area contributed by atoms with Gasteiger partial charge in [0.05, 0.1) is 11.6 Å². The third-order valence-electron chi connectivity index (χ3n) is 1.76. The highest BCUT2D eigenvalue weighted by molar-refractivity contribution is 8.00. The van der Waals surface area contributed by atoms with Gasteiger partial charge in [0.2, 0.25) is 0 Å². The van der Waals surface area contributed by atoms with E-state index in [4.69, 9.17) is 5.26 Å². The van der Waals surface area contributed by atoms with Gasteiger partial charge >= 0.3 is 0 Å². The highest BCUT2D eigenvalue weighted by atomic mass is 32.2. The SMILES string of the molecule is N#Cc1cccc(CSc2nncs2)c1. The van der Waals surface area contributed by atoms with Crippen LogP contribution in [0.1, 0.15) is 11.1 Å². The van der Waals surface area contributed by atoms with Crippen LogP contribution in [0.3, 0.4) is 0 Å². The number of nitriles is 1. The summed E-state index contributed by atoms with van der Waals surface area (Å²) in [6.45, 7) is 0. The van der Waals surface area contributed by atoms with Crippen molar-refractivity contribution in [1.82, 2.24) is 10.2 Å². The highest BCUT2D eigenvalue weighted by Crippen LogP contribution is 2.23. The summed E-state index contributed by atoms with van der Waals surface area (Å²) in [5, 5.41) is 16.4. The van der Waals surface area contributed by atoms with E-state index in [0.717, 1.165) is 15.7 Å². The Morgan fingerprint density at radius 3 is 3.13 bits per heavy atom. The van der Waals surface area contributed by atoms with Gasteiger partial charge in [-0.3, -0.25) is 0 Å². The maximum Gasteiger partial charge on any atom is 0.174 e. The first kappa shape index (κ1) is 10.1. The van der Waals surface area contributed by atoms with Gasteiger partial charge in [-0.05, 0) is 17.7 Å². The van der Waals surface area contributed by atoms with E-state index in [-0.39, 0.29) is 0 Å². The molecule has 0 spiro atoms. The number of nitrogens with zero attached hydrogens (tertiary/aromatic N) is 3. The summed E-state index contributed by atoms with van der Waals surface area (Å²) in [7, 11) is 0. The molecule has 0 saturated heterocycles. The summed E-state index contributed by atoms with van der Waals surface area (Å²) in [6, 6.07) is 9.73. The quantitative estimate of drug-likeness (QED) is 0.765. The van der Waals surface area contributed by atoms with E-state index in [9.17, 15) is 0 Å². The van der Waals surface area contributed by atoms with Crippen molar-refractivity contribution in [3.63, 3.8) is 0 Å². The number of hydrogen-bond donors (Lipinski definition) is 0. The molecule has 1 aromatic heterocycles. The van der Waals surface area contributed by atoms with Gasteiger partial charge in [-0.25, -0.2) is 0 Å². The molecule has 0 aliphatic carbocycles. The molecule has 2 aromatic rings. The van der Waals surface area contributed by atoms with Gasteiger partial charge in [0, 0.05) is 5.75 Å². The van der Waals surface area contributed by atoms with Gasteiger partial charge in [-0.2, -0.15) is 5.26 Å². The van der Waals surface area contributed by atoms with E-state index in [1.54, 1.807) is 23.3 Å². The second-order valence-corrected chi connectivity index (χ2v) is 4.86. The predicted molar refractivity (Wildman–Crippen MR) is 60.6 cm³/mol. The zero-order valence-corrected chi connectivity index (χ0v) is 9.38. The minimum Gasteiger partial charge on any atom is -0.192 e. The van der Waals surface area contributed by atoms with Crippen LogP contribution in [-0.2, 0) is 5.75 Å². The fourth-order valence-corrected chi connectivity index (χ4v) is 2.53. The number of hydrogen-bond acceptors (Lipinski definition) is 5. The molecule has 0 aliphatic heterocycles. The number of thioether (sulfide) groups is 1. The van der Waals surface area contributed by atoms with Crippen molar-refractivity contribution in [2.24, 2.45) is 0 Å². The molecule has 2 rings (SSSR count). The Kier molecular flexibility index (Phi) is 3.33. The summed E-state index contributed by atoms with van der Waals surface area (Å²) < 4.78 is 0.956. The van der Waals surface area contributed by atoms with Crippen LogP contribution >= 0.6 is 23.1 Å². The molecule has 3 nitrogen and oxygen atoms in total. The zero-order chi connectivity index (χ0) is 10.5. The Bertz CT molecular complexity index is 474. The van der Waals surface area contributed by atoms with Crippen molar-refractivity contribution in [1.29, 1.82) is 5.26 Å². The molecular weight excluding hydrogens is 226 g/mol. The average molecular weight is 233 g/mol. The van der Waals surface area contributed by atoms with Gasteiger partial charge in [0.1, 0.15) is 5.51 Å². The second-order valence-electron chi connectivity index (χ2n) is 2.81. The molecule has 0 amide bonds. The molecule has 0 bridgehead atoms. The van der Waals surface area contributed by atoms with E-state index in [2.05, 4.69) is 16.3 Å².